The molecule has 1 spiro atoms. The number of methoxy groups -OCH3 is 1. The number of ether oxygens (including phenoxy) is 1. The number of aliphatic hydroxyl groups excluding tert-OH is 1. The normalized spacial score (nSPS) is 21.8. The van der Waals surface area contributed by atoms with Gasteiger partial charge in [-0.1, -0.05) is 6.07 Å². The van der Waals surface area contributed by atoms with E-state index in [1.165, 1.54) is 0 Å². The average Bonchev–Trinajstić information content (AvgIpc) is 2.60. The van der Waals surface area contributed by atoms with Gasteiger partial charge in [0.05, 0.1) is 13.2 Å². The molecular weight excluding hydrogens is 332 g/mol. The van der Waals surface area contributed by atoms with Crippen molar-refractivity contribution in [2.45, 2.75) is 45.3 Å². The summed E-state index contributed by atoms with van der Waals surface area (Å²) in [6.07, 6.45) is 3.22. The summed E-state index contributed by atoms with van der Waals surface area (Å²) in [6.45, 7) is 5.74. The van der Waals surface area contributed by atoms with Crippen LogP contribution in [-0.2, 0) is 11.3 Å². The van der Waals surface area contributed by atoms with Crippen LogP contribution in [0, 0.1) is 5.41 Å². The zero-order valence-corrected chi connectivity index (χ0v) is 15.8. The summed E-state index contributed by atoms with van der Waals surface area (Å²) in [5.74, 6) is 0.849. The number of hydrogen-bond donors (Lipinski definition) is 2. The lowest BCUT2D eigenvalue weighted by atomic mass is 9.72. The summed E-state index contributed by atoms with van der Waals surface area (Å²) in [7, 11) is 1.55. The van der Waals surface area contributed by atoms with Crippen molar-refractivity contribution in [2.75, 3.05) is 33.3 Å². The highest BCUT2D eigenvalue weighted by Crippen LogP contribution is 2.40. The first kappa shape index (κ1) is 19.0. The molecule has 3 rings (SSSR count). The van der Waals surface area contributed by atoms with Crippen LogP contribution >= 0.6 is 0 Å². The van der Waals surface area contributed by atoms with Crippen molar-refractivity contribution in [2.24, 2.45) is 5.41 Å². The minimum atomic E-state index is -0.475. The zero-order valence-electron chi connectivity index (χ0n) is 15.8. The van der Waals surface area contributed by atoms with Crippen LogP contribution in [0.5, 0.6) is 11.5 Å². The molecule has 2 heterocycles. The van der Waals surface area contributed by atoms with E-state index in [0.717, 1.165) is 51.0 Å². The number of likely N-dealkylation sites (tertiary alicyclic amines) is 2. The molecule has 0 radical (unpaired) electrons. The molecule has 0 saturated carbocycles. The molecule has 6 nitrogen and oxygen atoms in total. The first-order valence-corrected chi connectivity index (χ1v) is 9.45. The fourth-order valence-corrected chi connectivity index (χ4v) is 4.27. The minimum Gasteiger partial charge on any atom is -0.504 e. The topological polar surface area (TPSA) is 73.2 Å². The van der Waals surface area contributed by atoms with Gasteiger partial charge in [0.1, 0.15) is 0 Å². The summed E-state index contributed by atoms with van der Waals surface area (Å²) < 4.78 is 5.10. The maximum atomic E-state index is 12.1. The minimum absolute atomic E-state index is 0.174. The molecular formula is C20H30N2O4. The summed E-state index contributed by atoms with van der Waals surface area (Å²) in [4.78, 5) is 16.4. The highest BCUT2D eigenvalue weighted by molar-refractivity contribution is 5.77. The molecule has 1 atom stereocenters. The number of phenols is 1. The van der Waals surface area contributed by atoms with Gasteiger partial charge in [0, 0.05) is 26.1 Å². The predicted molar refractivity (Wildman–Crippen MR) is 99.1 cm³/mol. The number of amides is 1. The highest BCUT2D eigenvalue weighted by Gasteiger charge is 2.41. The van der Waals surface area contributed by atoms with Gasteiger partial charge in [0.2, 0.25) is 5.91 Å². The number of hydrogen-bond acceptors (Lipinski definition) is 5. The van der Waals surface area contributed by atoms with Crippen molar-refractivity contribution < 1.29 is 19.7 Å². The summed E-state index contributed by atoms with van der Waals surface area (Å²) >= 11 is 0. The molecule has 144 valence electrons. The first-order chi connectivity index (χ1) is 12.4. The van der Waals surface area contributed by atoms with E-state index in [1.54, 1.807) is 26.2 Å². The van der Waals surface area contributed by atoms with E-state index in [2.05, 4.69) is 4.90 Å². The predicted octanol–water partition coefficient (Wildman–Crippen LogP) is 1.99. The molecule has 6 heteroatoms. The lowest BCUT2D eigenvalue weighted by Crippen LogP contribution is -2.52. The number of carbonyl (C=O) groups is 1. The Hall–Kier alpha value is -1.79. The maximum absolute atomic E-state index is 12.1. The van der Waals surface area contributed by atoms with Gasteiger partial charge in [-0.2, -0.15) is 0 Å². The third-order valence-electron chi connectivity index (χ3n) is 5.80. The van der Waals surface area contributed by atoms with Crippen molar-refractivity contribution >= 4 is 5.91 Å². The van der Waals surface area contributed by atoms with Crippen molar-refractivity contribution in [3.05, 3.63) is 23.8 Å². The fraction of sp³-hybridized carbons (Fsp3) is 0.650. The Morgan fingerprint density at radius 2 is 2.00 bits per heavy atom. The van der Waals surface area contributed by atoms with Gasteiger partial charge in [-0.05, 0) is 62.4 Å². The molecule has 1 aromatic rings. The number of aromatic hydroxyl groups is 1. The van der Waals surface area contributed by atoms with Gasteiger partial charge in [-0.15, -0.1) is 0 Å². The van der Waals surface area contributed by atoms with Crippen molar-refractivity contribution in [3.8, 4) is 11.5 Å². The standard InChI is InChI=1S/C20H30N2O4/c1-15(23)12-22-14-20(6-5-19(22)25)7-9-21(10-8-20)13-16-3-4-18(26-2)17(24)11-16/h3-4,11,15,23-24H,5-10,12-14H2,1-2H3/t15-/m1/s1. The highest BCUT2D eigenvalue weighted by atomic mass is 16.5. The zero-order chi connectivity index (χ0) is 18.7. The Labute approximate surface area is 155 Å². The molecule has 2 fully saturated rings. The number of phenolic OH excluding ortho intramolecular Hbond substituents is 1. The van der Waals surface area contributed by atoms with Crippen LogP contribution in [-0.4, -0.2) is 65.3 Å². The lowest BCUT2D eigenvalue weighted by Gasteiger charge is -2.47. The fourth-order valence-electron chi connectivity index (χ4n) is 4.27. The van der Waals surface area contributed by atoms with Crippen LogP contribution in [0.1, 0.15) is 38.2 Å². The quantitative estimate of drug-likeness (QED) is 0.838. The molecule has 0 unspecified atom stereocenters. The summed E-state index contributed by atoms with van der Waals surface area (Å²) in [5.41, 5.74) is 1.27. The van der Waals surface area contributed by atoms with Crippen LogP contribution < -0.4 is 4.74 Å². The Morgan fingerprint density at radius 1 is 1.27 bits per heavy atom. The average molecular weight is 362 g/mol. The Bertz CT molecular complexity index is 639. The number of benzene rings is 1. The van der Waals surface area contributed by atoms with E-state index in [0.29, 0.717) is 18.7 Å². The van der Waals surface area contributed by atoms with Crippen LogP contribution in [0.4, 0.5) is 0 Å². The van der Waals surface area contributed by atoms with Crippen LogP contribution in [0.2, 0.25) is 0 Å². The van der Waals surface area contributed by atoms with E-state index in [-0.39, 0.29) is 17.1 Å². The second kappa shape index (κ2) is 7.84. The molecule has 0 bridgehead atoms. The van der Waals surface area contributed by atoms with Gasteiger partial charge >= 0.3 is 0 Å². The van der Waals surface area contributed by atoms with Gasteiger partial charge in [-0.3, -0.25) is 9.69 Å². The molecule has 1 amide bonds. The summed E-state index contributed by atoms with van der Waals surface area (Å²) in [5, 5.41) is 19.6. The second-order valence-electron chi connectivity index (χ2n) is 7.91. The van der Waals surface area contributed by atoms with Crippen LogP contribution in [0.15, 0.2) is 18.2 Å². The largest absolute Gasteiger partial charge is 0.504 e. The Kier molecular flexibility index (Phi) is 5.73. The van der Waals surface area contributed by atoms with Gasteiger partial charge in [0.25, 0.3) is 0 Å². The molecule has 2 aliphatic rings. The van der Waals surface area contributed by atoms with Gasteiger partial charge in [-0.25, -0.2) is 0 Å². The molecule has 0 aliphatic carbocycles. The molecule has 2 aliphatic heterocycles. The van der Waals surface area contributed by atoms with Gasteiger partial charge in [0.15, 0.2) is 11.5 Å². The SMILES string of the molecule is COc1ccc(CN2CCC3(CCC(=O)N(C[C@@H](C)O)C3)CC2)cc1O. The van der Waals surface area contributed by atoms with E-state index in [1.807, 2.05) is 11.0 Å². The number of β-amino-alcohol motifs (C(OH)–C–C–N with tert-alkyl or cyclic N) is 1. The van der Waals surface area contributed by atoms with Crippen molar-refractivity contribution in [1.29, 1.82) is 0 Å². The monoisotopic (exact) mass is 362 g/mol. The smallest absolute Gasteiger partial charge is 0.222 e. The molecule has 1 aromatic carbocycles. The molecule has 0 aromatic heterocycles. The number of rotatable bonds is 5. The number of carbonyl (C=O) groups excluding carboxylic acids is 1. The van der Waals surface area contributed by atoms with E-state index in [4.69, 9.17) is 4.74 Å². The van der Waals surface area contributed by atoms with E-state index < -0.39 is 6.10 Å². The lowest BCUT2D eigenvalue weighted by molar-refractivity contribution is -0.140. The number of piperidine rings is 2. The molecule has 26 heavy (non-hydrogen) atoms. The second-order valence-corrected chi connectivity index (χ2v) is 7.91. The van der Waals surface area contributed by atoms with Gasteiger partial charge < -0.3 is 19.8 Å². The Balaban J connectivity index is 1.57. The van der Waals surface area contributed by atoms with E-state index in [9.17, 15) is 15.0 Å². The van der Waals surface area contributed by atoms with Crippen molar-refractivity contribution in [3.63, 3.8) is 0 Å². The third-order valence-corrected chi connectivity index (χ3v) is 5.80. The van der Waals surface area contributed by atoms with E-state index >= 15 is 0 Å². The summed E-state index contributed by atoms with van der Waals surface area (Å²) in [6, 6.07) is 5.57. The molecule has 2 N–H and O–H groups in total. The number of aliphatic hydroxyl groups is 1. The Morgan fingerprint density at radius 3 is 2.62 bits per heavy atom. The maximum Gasteiger partial charge on any atom is 0.222 e. The van der Waals surface area contributed by atoms with Crippen molar-refractivity contribution in [1.82, 2.24) is 9.80 Å². The van der Waals surface area contributed by atoms with Crippen LogP contribution in [0.25, 0.3) is 0 Å². The molecule has 2 saturated heterocycles. The van der Waals surface area contributed by atoms with Crippen LogP contribution in [0.3, 0.4) is 0 Å². The first-order valence-electron chi connectivity index (χ1n) is 9.45. The number of nitrogens with zero attached hydrogens (tertiary/aromatic N) is 2. The third kappa shape index (κ3) is 4.30.